The first-order chi connectivity index (χ1) is 6.97. The summed E-state index contributed by atoms with van der Waals surface area (Å²) in [7, 11) is 0. The summed E-state index contributed by atoms with van der Waals surface area (Å²) < 4.78 is 5.86. The standard InChI is InChI=1S/C13H25BrO/c1-12(2,3)8-9-15-11-13(10-14)6-4-5-7-13/h4-11H2,1-3H3. The summed E-state index contributed by atoms with van der Waals surface area (Å²) in [5.74, 6) is 0. The van der Waals surface area contributed by atoms with Crippen LogP contribution in [0.15, 0.2) is 0 Å². The molecule has 1 nitrogen and oxygen atoms in total. The number of hydrogen-bond acceptors (Lipinski definition) is 1. The number of halogens is 1. The fraction of sp³-hybridized carbons (Fsp3) is 1.00. The predicted molar refractivity (Wildman–Crippen MR) is 69.6 cm³/mol. The molecular formula is C13H25BrO. The molecule has 1 aliphatic carbocycles. The molecule has 0 N–H and O–H groups in total. The van der Waals surface area contributed by atoms with E-state index in [1.54, 1.807) is 0 Å². The molecule has 0 unspecified atom stereocenters. The van der Waals surface area contributed by atoms with Crippen LogP contribution in [0.5, 0.6) is 0 Å². The Morgan fingerprint density at radius 3 is 2.27 bits per heavy atom. The third-order valence-corrected chi connectivity index (χ3v) is 4.54. The fourth-order valence-electron chi connectivity index (χ4n) is 2.11. The van der Waals surface area contributed by atoms with Crippen molar-refractivity contribution >= 4 is 15.9 Å². The molecular weight excluding hydrogens is 252 g/mol. The van der Waals surface area contributed by atoms with Crippen molar-refractivity contribution in [2.24, 2.45) is 10.8 Å². The number of ether oxygens (including phenoxy) is 1. The van der Waals surface area contributed by atoms with Gasteiger partial charge in [-0.05, 0) is 24.7 Å². The van der Waals surface area contributed by atoms with Crippen molar-refractivity contribution in [3.63, 3.8) is 0 Å². The fourth-order valence-corrected chi connectivity index (χ4v) is 2.83. The first kappa shape index (κ1) is 13.5. The van der Waals surface area contributed by atoms with E-state index in [1.165, 1.54) is 25.7 Å². The highest BCUT2D eigenvalue weighted by atomic mass is 79.9. The zero-order valence-corrected chi connectivity index (χ0v) is 12.0. The van der Waals surface area contributed by atoms with E-state index >= 15 is 0 Å². The van der Waals surface area contributed by atoms with Gasteiger partial charge in [-0.2, -0.15) is 0 Å². The quantitative estimate of drug-likeness (QED) is 0.535. The Labute approximate surface area is 103 Å². The molecule has 1 rings (SSSR count). The predicted octanol–water partition coefficient (Wildman–Crippen LogP) is 4.39. The van der Waals surface area contributed by atoms with E-state index in [-0.39, 0.29) is 0 Å². The lowest BCUT2D eigenvalue weighted by Gasteiger charge is -2.27. The van der Waals surface area contributed by atoms with Crippen LogP contribution in [0.2, 0.25) is 0 Å². The van der Waals surface area contributed by atoms with E-state index in [0.29, 0.717) is 10.8 Å². The molecule has 0 saturated heterocycles. The summed E-state index contributed by atoms with van der Waals surface area (Å²) in [6.45, 7) is 8.68. The van der Waals surface area contributed by atoms with Crippen molar-refractivity contribution in [1.29, 1.82) is 0 Å². The van der Waals surface area contributed by atoms with Gasteiger partial charge >= 0.3 is 0 Å². The van der Waals surface area contributed by atoms with E-state index in [9.17, 15) is 0 Å². The molecule has 0 aromatic rings. The highest BCUT2D eigenvalue weighted by Crippen LogP contribution is 2.39. The van der Waals surface area contributed by atoms with Gasteiger partial charge in [0.1, 0.15) is 0 Å². The maximum absolute atomic E-state index is 5.86. The van der Waals surface area contributed by atoms with Crippen LogP contribution in [-0.4, -0.2) is 18.5 Å². The zero-order chi connectivity index (χ0) is 11.4. The van der Waals surface area contributed by atoms with Crippen molar-refractivity contribution in [2.45, 2.75) is 52.9 Å². The van der Waals surface area contributed by atoms with E-state index in [4.69, 9.17) is 4.74 Å². The van der Waals surface area contributed by atoms with Crippen LogP contribution in [-0.2, 0) is 4.74 Å². The molecule has 0 heterocycles. The summed E-state index contributed by atoms with van der Waals surface area (Å²) in [4.78, 5) is 0. The van der Waals surface area contributed by atoms with Gasteiger partial charge in [0.2, 0.25) is 0 Å². The Bertz CT molecular complexity index is 177. The van der Waals surface area contributed by atoms with Gasteiger partial charge in [-0.3, -0.25) is 0 Å². The van der Waals surface area contributed by atoms with Crippen LogP contribution in [0.4, 0.5) is 0 Å². The second-order valence-corrected chi connectivity index (χ2v) is 6.76. The SMILES string of the molecule is CC(C)(C)CCOCC1(CBr)CCCC1. The third-order valence-electron chi connectivity index (χ3n) is 3.35. The minimum Gasteiger partial charge on any atom is -0.381 e. The highest BCUT2D eigenvalue weighted by molar-refractivity contribution is 9.09. The van der Waals surface area contributed by atoms with Gasteiger partial charge in [0.15, 0.2) is 0 Å². The maximum Gasteiger partial charge on any atom is 0.0530 e. The molecule has 0 atom stereocenters. The molecule has 0 bridgehead atoms. The largest absolute Gasteiger partial charge is 0.381 e. The molecule has 1 fully saturated rings. The van der Waals surface area contributed by atoms with Crippen molar-refractivity contribution in [3.05, 3.63) is 0 Å². The van der Waals surface area contributed by atoms with Gasteiger partial charge < -0.3 is 4.74 Å². The average Bonchev–Trinajstić information content (AvgIpc) is 2.60. The lowest BCUT2D eigenvalue weighted by Crippen LogP contribution is -2.26. The van der Waals surface area contributed by atoms with Crippen LogP contribution in [0.1, 0.15) is 52.9 Å². The van der Waals surface area contributed by atoms with Gasteiger partial charge in [0, 0.05) is 17.4 Å². The first-order valence-electron chi connectivity index (χ1n) is 6.11. The summed E-state index contributed by atoms with van der Waals surface area (Å²) in [5, 5.41) is 1.11. The number of alkyl halides is 1. The first-order valence-corrected chi connectivity index (χ1v) is 7.23. The molecule has 0 amide bonds. The monoisotopic (exact) mass is 276 g/mol. The summed E-state index contributed by atoms with van der Waals surface area (Å²) >= 11 is 3.64. The molecule has 0 radical (unpaired) electrons. The van der Waals surface area contributed by atoms with Crippen molar-refractivity contribution in [3.8, 4) is 0 Å². The Balaban J connectivity index is 2.18. The zero-order valence-electron chi connectivity index (χ0n) is 10.4. The van der Waals surface area contributed by atoms with Gasteiger partial charge in [0.25, 0.3) is 0 Å². The van der Waals surface area contributed by atoms with Crippen LogP contribution < -0.4 is 0 Å². The van der Waals surface area contributed by atoms with Crippen molar-refractivity contribution < 1.29 is 4.74 Å². The highest BCUT2D eigenvalue weighted by Gasteiger charge is 2.32. The Morgan fingerprint density at radius 2 is 1.80 bits per heavy atom. The third kappa shape index (κ3) is 4.86. The van der Waals surface area contributed by atoms with Crippen molar-refractivity contribution in [1.82, 2.24) is 0 Å². The number of hydrogen-bond donors (Lipinski definition) is 0. The van der Waals surface area contributed by atoms with Crippen LogP contribution in [0.3, 0.4) is 0 Å². The normalized spacial score (nSPS) is 20.8. The summed E-state index contributed by atoms with van der Waals surface area (Å²) in [5.41, 5.74) is 0.856. The lowest BCUT2D eigenvalue weighted by molar-refractivity contribution is 0.0455. The Morgan fingerprint density at radius 1 is 1.20 bits per heavy atom. The second-order valence-electron chi connectivity index (χ2n) is 6.20. The minimum atomic E-state index is 0.400. The second kappa shape index (κ2) is 5.67. The molecule has 1 saturated carbocycles. The molecule has 15 heavy (non-hydrogen) atoms. The van der Waals surface area contributed by atoms with Crippen molar-refractivity contribution in [2.75, 3.05) is 18.5 Å². The molecule has 2 heteroatoms. The maximum atomic E-state index is 5.86. The van der Waals surface area contributed by atoms with Crippen LogP contribution >= 0.6 is 15.9 Å². The molecule has 0 aromatic carbocycles. The van der Waals surface area contributed by atoms with E-state index < -0.39 is 0 Å². The molecule has 1 aliphatic rings. The van der Waals surface area contributed by atoms with Crippen LogP contribution in [0, 0.1) is 10.8 Å². The van der Waals surface area contributed by atoms with Gasteiger partial charge in [0.05, 0.1) is 6.61 Å². The van der Waals surface area contributed by atoms with E-state index in [0.717, 1.165) is 25.0 Å². The minimum absolute atomic E-state index is 0.400. The molecule has 0 spiro atoms. The average molecular weight is 277 g/mol. The van der Waals surface area contributed by atoms with Gasteiger partial charge in [-0.1, -0.05) is 49.5 Å². The molecule has 0 aliphatic heterocycles. The van der Waals surface area contributed by atoms with Gasteiger partial charge in [-0.25, -0.2) is 0 Å². The van der Waals surface area contributed by atoms with E-state index in [2.05, 4.69) is 36.7 Å². The Kier molecular flexibility index (Phi) is 5.11. The van der Waals surface area contributed by atoms with Gasteiger partial charge in [-0.15, -0.1) is 0 Å². The summed E-state index contributed by atoms with van der Waals surface area (Å²) in [6, 6.07) is 0. The van der Waals surface area contributed by atoms with E-state index in [1.807, 2.05) is 0 Å². The smallest absolute Gasteiger partial charge is 0.0530 e. The lowest BCUT2D eigenvalue weighted by atomic mass is 9.90. The summed E-state index contributed by atoms with van der Waals surface area (Å²) in [6.07, 6.45) is 6.61. The molecule has 90 valence electrons. The molecule has 0 aromatic heterocycles. The van der Waals surface area contributed by atoms with Crippen LogP contribution in [0.25, 0.3) is 0 Å². The topological polar surface area (TPSA) is 9.23 Å². The Hall–Kier alpha value is 0.440. The number of rotatable bonds is 5.